The number of amidine groups is 1. The standard InChI is InChI=1S/C22H22N4OS/c27-21(24-18-11-5-7-15-6-1-2-8-16(15)18)14-28-22-25-19-10-4-3-9-17(19)20-12-13-23-26(20)22/h1-4,6,8-10,13,18,20H,5,7,11-12,14H2,(H,24,27)/t18-,20+/m1/s1. The monoisotopic (exact) mass is 390 g/mol. The van der Waals surface area contributed by atoms with Crippen molar-refractivity contribution in [1.82, 2.24) is 10.3 Å². The molecule has 3 aliphatic rings. The molecule has 0 bridgehead atoms. The van der Waals surface area contributed by atoms with Gasteiger partial charge in [-0.25, -0.2) is 10.0 Å². The van der Waals surface area contributed by atoms with Crippen molar-refractivity contribution in [2.75, 3.05) is 5.75 Å². The minimum absolute atomic E-state index is 0.0491. The van der Waals surface area contributed by atoms with Gasteiger partial charge in [0.25, 0.3) is 0 Å². The van der Waals surface area contributed by atoms with Crippen LogP contribution in [0, 0.1) is 0 Å². The molecule has 142 valence electrons. The quantitative estimate of drug-likeness (QED) is 0.848. The van der Waals surface area contributed by atoms with E-state index in [-0.39, 0.29) is 18.0 Å². The Bertz CT molecular complexity index is 971. The van der Waals surface area contributed by atoms with Gasteiger partial charge in [-0.05, 0) is 36.5 Å². The highest BCUT2D eigenvalue weighted by Gasteiger charge is 2.33. The summed E-state index contributed by atoms with van der Waals surface area (Å²) in [5.41, 5.74) is 4.81. The molecule has 5 nitrogen and oxygen atoms in total. The number of aryl methyl sites for hydroxylation is 1. The first-order valence-corrected chi connectivity index (χ1v) is 10.8. The van der Waals surface area contributed by atoms with E-state index in [2.05, 4.69) is 40.8 Å². The highest BCUT2D eigenvalue weighted by Crippen LogP contribution is 2.40. The first-order valence-electron chi connectivity index (χ1n) is 9.79. The second-order valence-corrected chi connectivity index (χ2v) is 8.29. The summed E-state index contributed by atoms with van der Waals surface area (Å²) in [6.45, 7) is 0. The SMILES string of the molecule is O=C(CSC1=Nc2ccccc2[C@@H]2CC=NN12)N[C@@H]1CCCc2ccccc21. The summed E-state index contributed by atoms with van der Waals surface area (Å²) < 4.78 is 0. The molecular weight excluding hydrogens is 368 g/mol. The Kier molecular flexibility index (Phi) is 4.64. The highest BCUT2D eigenvalue weighted by molar-refractivity contribution is 8.14. The van der Waals surface area contributed by atoms with Gasteiger partial charge < -0.3 is 5.32 Å². The summed E-state index contributed by atoms with van der Waals surface area (Å²) in [6.07, 6.45) is 6.02. The van der Waals surface area contributed by atoms with E-state index in [1.54, 1.807) is 0 Å². The molecule has 1 aliphatic carbocycles. The van der Waals surface area contributed by atoms with Crippen molar-refractivity contribution in [2.24, 2.45) is 10.1 Å². The third-order valence-electron chi connectivity index (χ3n) is 5.57. The molecule has 28 heavy (non-hydrogen) atoms. The number of hydrazone groups is 1. The molecule has 2 aromatic rings. The zero-order chi connectivity index (χ0) is 18.9. The van der Waals surface area contributed by atoms with Gasteiger partial charge in [0.2, 0.25) is 5.91 Å². The maximum atomic E-state index is 12.7. The Morgan fingerprint density at radius 2 is 1.96 bits per heavy atom. The lowest BCUT2D eigenvalue weighted by Crippen LogP contribution is -2.34. The topological polar surface area (TPSA) is 57.1 Å². The molecule has 0 spiro atoms. The van der Waals surface area contributed by atoms with Crippen LogP contribution in [0.2, 0.25) is 0 Å². The summed E-state index contributed by atoms with van der Waals surface area (Å²) in [5.74, 6) is 0.395. The number of carbonyl (C=O) groups is 1. The summed E-state index contributed by atoms with van der Waals surface area (Å²) in [7, 11) is 0. The van der Waals surface area contributed by atoms with Crippen LogP contribution in [0.15, 0.2) is 58.6 Å². The number of amides is 1. The van der Waals surface area contributed by atoms with Crippen molar-refractivity contribution in [1.29, 1.82) is 0 Å². The van der Waals surface area contributed by atoms with Gasteiger partial charge in [-0.15, -0.1) is 0 Å². The van der Waals surface area contributed by atoms with Crippen LogP contribution in [0.1, 0.15) is 48.0 Å². The Balaban J connectivity index is 1.27. The van der Waals surface area contributed by atoms with Crippen LogP contribution in [0.5, 0.6) is 0 Å². The molecule has 2 atom stereocenters. The van der Waals surface area contributed by atoms with Crippen molar-refractivity contribution in [3.05, 3.63) is 65.2 Å². The fraction of sp³-hybridized carbons (Fsp3) is 0.318. The molecule has 5 rings (SSSR count). The number of carbonyl (C=O) groups excluding carboxylic acids is 1. The summed E-state index contributed by atoms with van der Waals surface area (Å²) in [5, 5.41) is 10.5. The number of benzene rings is 2. The Labute approximate surface area is 168 Å². The number of hydrogen-bond acceptors (Lipinski definition) is 5. The average Bonchev–Trinajstić information content (AvgIpc) is 3.23. The molecule has 0 radical (unpaired) electrons. The van der Waals surface area contributed by atoms with E-state index in [1.165, 1.54) is 28.5 Å². The van der Waals surface area contributed by atoms with Crippen molar-refractivity contribution < 1.29 is 4.79 Å². The summed E-state index contributed by atoms with van der Waals surface area (Å²) >= 11 is 1.47. The second kappa shape index (κ2) is 7.43. The van der Waals surface area contributed by atoms with Gasteiger partial charge in [-0.3, -0.25) is 4.79 Å². The molecule has 6 heteroatoms. The second-order valence-electron chi connectivity index (χ2n) is 7.35. The largest absolute Gasteiger partial charge is 0.349 e. The van der Waals surface area contributed by atoms with Crippen LogP contribution in [-0.2, 0) is 11.2 Å². The molecule has 2 heterocycles. The molecule has 0 fully saturated rings. The van der Waals surface area contributed by atoms with Crippen molar-refractivity contribution in [2.45, 2.75) is 37.8 Å². The first kappa shape index (κ1) is 17.5. The Hall–Kier alpha value is -2.60. The number of aliphatic imine (C=N–C) groups is 1. The van der Waals surface area contributed by atoms with Gasteiger partial charge in [-0.2, -0.15) is 5.10 Å². The van der Waals surface area contributed by atoms with Crippen molar-refractivity contribution in [3.63, 3.8) is 0 Å². The first-order chi connectivity index (χ1) is 13.8. The number of nitrogens with one attached hydrogen (secondary N) is 1. The average molecular weight is 391 g/mol. The molecule has 2 aliphatic heterocycles. The third kappa shape index (κ3) is 3.22. The fourth-order valence-corrected chi connectivity index (χ4v) is 5.06. The van der Waals surface area contributed by atoms with Crippen LogP contribution in [0.3, 0.4) is 0 Å². The molecule has 1 amide bonds. The van der Waals surface area contributed by atoms with Crippen LogP contribution in [0.4, 0.5) is 5.69 Å². The normalized spacial score (nSPS) is 22.1. The van der Waals surface area contributed by atoms with E-state index >= 15 is 0 Å². The van der Waals surface area contributed by atoms with Gasteiger partial charge in [0.1, 0.15) is 0 Å². The van der Waals surface area contributed by atoms with Gasteiger partial charge in [0.15, 0.2) is 5.17 Å². The predicted molar refractivity (Wildman–Crippen MR) is 114 cm³/mol. The lowest BCUT2D eigenvalue weighted by Gasteiger charge is -2.30. The minimum atomic E-state index is 0.0491. The molecular formula is C22H22N4OS. The molecule has 0 saturated carbocycles. The molecule has 1 N–H and O–H groups in total. The van der Waals surface area contributed by atoms with E-state index in [4.69, 9.17) is 4.99 Å². The molecule has 0 saturated heterocycles. The number of rotatable bonds is 3. The van der Waals surface area contributed by atoms with Crippen molar-refractivity contribution in [3.8, 4) is 0 Å². The highest BCUT2D eigenvalue weighted by atomic mass is 32.2. The fourth-order valence-electron chi connectivity index (χ4n) is 4.25. The Morgan fingerprint density at radius 1 is 1.14 bits per heavy atom. The maximum absolute atomic E-state index is 12.7. The van der Waals surface area contributed by atoms with Gasteiger partial charge in [-0.1, -0.05) is 54.2 Å². The van der Waals surface area contributed by atoms with E-state index in [9.17, 15) is 4.79 Å². The zero-order valence-electron chi connectivity index (χ0n) is 15.5. The van der Waals surface area contributed by atoms with E-state index in [1.807, 2.05) is 29.4 Å². The third-order valence-corrected chi connectivity index (χ3v) is 6.52. The Morgan fingerprint density at radius 3 is 2.89 bits per heavy atom. The lowest BCUT2D eigenvalue weighted by atomic mass is 9.88. The van der Waals surface area contributed by atoms with Gasteiger partial charge >= 0.3 is 0 Å². The smallest absolute Gasteiger partial charge is 0.230 e. The van der Waals surface area contributed by atoms with E-state index in [0.717, 1.165) is 36.5 Å². The van der Waals surface area contributed by atoms with Crippen LogP contribution in [-0.4, -0.2) is 28.1 Å². The summed E-state index contributed by atoms with van der Waals surface area (Å²) in [6, 6.07) is 16.9. The van der Waals surface area contributed by atoms with Gasteiger partial charge in [0, 0.05) is 18.2 Å². The van der Waals surface area contributed by atoms with Crippen LogP contribution < -0.4 is 5.32 Å². The van der Waals surface area contributed by atoms with E-state index < -0.39 is 0 Å². The zero-order valence-corrected chi connectivity index (χ0v) is 16.4. The lowest BCUT2D eigenvalue weighted by molar-refractivity contribution is -0.119. The molecule has 0 unspecified atom stereocenters. The van der Waals surface area contributed by atoms with Crippen molar-refractivity contribution >= 4 is 34.7 Å². The minimum Gasteiger partial charge on any atom is -0.349 e. The van der Waals surface area contributed by atoms with E-state index in [0.29, 0.717) is 5.75 Å². The number of para-hydroxylation sites is 1. The number of hydrogen-bond donors (Lipinski definition) is 1. The number of nitrogens with zero attached hydrogens (tertiary/aromatic N) is 3. The molecule has 2 aromatic carbocycles. The van der Waals surface area contributed by atoms with Crippen LogP contribution in [0.25, 0.3) is 0 Å². The van der Waals surface area contributed by atoms with Crippen LogP contribution >= 0.6 is 11.8 Å². The number of thioether (sulfide) groups is 1. The molecule has 0 aromatic heterocycles. The number of fused-ring (bicyclic) bond motifs is 4. The van der Waals surface area contributed by atoms with Gasteiger partial charge in [0.05, 0.1) is 23.5 Å². The predicted octanol–water partition coefficient (Wildman–Crippen LogP) is 4.35. The summed E-state index contributed by atoms with van der Waals surface area (Å²) in [4.78, 5) is 17.4. The maximum Gasteiger partial charge on any atom is 0.230 e.